The molecule has 3 aromatic carbocycles. The molecule has 0 unspecified atom stereocenters. The number of carbonyl (C=O) groups is 2. The maximum absolute atomic E-state index is 13.4. The van der Waals surface area contributed by atoms with Gasteiger partial charge in [-0.05, 0) is 36.4 Å². The van der Waals surface area contributed by atoms with Crippen LogP contribution >= 0.6 is 23.2 Å². The number of esters is 1. The van der Waals surface area contributed by atoms with E-state index in [-0.39, 0.29) is 31.9 Å². The third-order valence-corrected chi connectivity index (χ3v) is 7.01. The predicted molar refractivity (Wildman–Crippen MR) is 124 cm³/mol. The first kappa shape index (κ1) is 23.6. The first-order chi connectivity index (χ1) is 15.3. The van der Waals surface area contributed by atoms with E-state index in [9.17, 15) is 18.0 Å². The standard InChI is InChI=1S/C22H18Cl2N2O5S/c1-31-22(28)16-10-5-6-12-18(16)25-20(27)14-26(19-13-7-11-17(23)21(19)24)32(29,30)15-8-3-2-4-9-15/h2-13H,14H2,1H3,(H,25,27). The normalized spacial score (nSPS) is 11.0. The van der Waals surface area contributed by atoms with Crippen LogP contribution in [0.4, 0.5) is 11.4 Å². The molecule has 0 aliphatic heterocycles. The van der Waals surface area contributed by atoms with Crippen LogP contribution in [-0.4, -0.2) is 33.9 Å². The summed E-state index contributed by atoms with van der Waals surface area (Å²) in [6.07, 6.45) is 0. The van der Waals surface area contributed by atoms with Gasteiger partial charge in [-0.2, -0.15) is 0 Å². The smallest absolute Gasteiger partial charge is 0.339 e. The summed E-state index contributed by atoms with van der Waals surface area (Å²) in [7, 11) is -2.96. The molecule has 0 radical (unpaired) electrons. The Morgan fingerprint density at radius 2 is 1.59 bits per heavy atom. The van der Waals surface area contributed by atoms with Crippen molar-refractivity contribution in [2.75, 3.05) is 23.3 Å². The van der Waals surface area contributed by atoms with E-state index in [1.54, 1.807) is 30.3 Å². The number of anilines is 2. The van der Waals surface area contributed by atoms with Crippen molar-refractivity contribution in [2.45, 2.75) is 4.90 Å². The molecule has 0 fully saturated rings. The second kappa shape index (κ2) is 10.0. The SMILES string of the molecule is COC(=O)c1ccccc1NC(=O)CN(c1cccc(Cl)c1Cl)S(=O)(=O)c1ccccc1. The van der Waals surface area contributed by atoms with Gasteiger partial charge in [0.25, 0.3) is 10.0 Å². The van der Waals surface area contributed by atoms with Gasteiger partial charge in [0.1, 0.15) is 6.54 Å². The fourth-order valence-electron chi connectivity index (χ4n) is 2.90. The number of nitrogens with zero attached hydrogens (tertiary/aromatic N) is 1. The highest BCUT2D eigenvalue weighted by Gasteiger charge is 2.29. The van der Waals surface area contributed by atoms with E-state index in [0.29, 0.717) is 0 Å². The lowest BCUT2D eigenvalue weighted by Crippen LogP contribution is -2.38. The molecular formula is C22H18Cl2N2O5S. The van der Waals surface area contributed by atoms with E-state index < -0.39 is 28.4 Å². The Morgan fingerprint density at radius 3 is 2.28 bits per heavy atom. The largest absolute Gasteiger partial charge is 0.465 e. The molecule has 0 saturated heterocycles. The van der Waals surface area contributed by atoms with Crippen LogP contribution in [0.25, 0.3) is 0 Å². The molecule has 0 aliphatic rings. The zero-order valence-electron chi connectivity index (χ0n) is 16.8. The Morgan fingerprint density at radius 1 is 0.938 bits per heavy atom. The number of hydrogen-bond acceptors (Lipinski definition) is 5. The number of carbonyl (C=O) groups excluding carboxylic acids is 2. The molecule has 0 saturated carbocycles. The molecule has 0 aromatic heterocycles. The number of hydrogen-bond donors (Lipinski definition) is 1. The number of benzene rings is 3. The molecule has 0 aliphatic carbocycles. The van der Waals surface area contributed by atoms with Crippen molar-refractivity contribution in [3.8, 4) is 0 Å². The van der Waals surface area contributed by atoms with Crippen molar-refractivity contribution in [2.24, 2.45) is 0 Å². The van der Waals surface area contributed by atoms with Crippen LogP contribution in [0.1, 0.15) is 10.4 Å². The monoisotopic (exact) mass is 492 g/mol. The van der Waals surface area contributed by atoms with Gasteiger partial charge in [-0.15, -0.1) is 0 Å². The summed E-state index contributed by atoms with van der Waals surface area (Å²) in [5.74, 6) is -1.34. The second-order valence-electron chi connectivity index (χ2n) is 6.48. The summed E-state index contributed by atoms with van der Waals surface area (Å²) in [5.41, 5.74) is 0.347. The molecule has 7 nitrogen and oxygen atoms in total. The van der Waals surface area contributed by atoms with E-state index in [0.717, 1.165) is 4.31 Å². The lowest BCUT2D eigenvalue weighted by atomic mass is 10.2. The molecule has 32 heavy (non-hydrogen) atoms. The van der Waals surface area contributed by atoms with E-state index in [1.807, 2.05) is 0 Å². The molecule has 10 heteroatoms. The minimum Gasteiger partial charge on any atom is -0.465 e. The van der Waals surface area contributed by atoms with Crippen LogP contribution in [0, 0.1) is 0 Å². The lowest BCUT2D eigenvalue weighted by Gasteiger charge is -2.25. The highest BCUT2D eigenvalue weighted by atomic mass is 35.5. The number of nitrogens with one attached hydrogen (secondary N) is 1. The third kappa shape index (κ3) is 5.04. The highest BCUT2D eigenvalue weighted by Crippen LogP contribution is 2.35. The molecule has 0 heterocycles. The average molecular weight is 493 g/mol. The minimum absolute atomic E-state index is 0.0172. The Balaban J connectivity index is 2.00. The molecule has 1 N–H and O–H groups in total. The maximum atomic E-state index is 13.4. The van der Waals surface area contributed by atoms with E-state index in [4.69, 9.17) is 27.9 Å². The molecule has 1 amide bonds. The average Bonchev–Trinajstić information content (AvgIpc) is 2.80. The van der Waals surface area contributed by atoms with Crippen LogP contribution in [0.15, 0.2) is 77.7 Å². The zero-order valence-corrected chi connectivity index (χ0v) is 19.1. The quantitative estimate of drug-likeness (QED) is 0.485. The highest BCUT2D eigenvalue weighted by molar-refractivity contribution is 7.92. The van der Waals surface area contributed by atoms with Crippen molar-refractivity contribution >= 4 is 56.5 Å². The van der Waals surface area contributed by atoms with Crippen molar-refractivity contribution < 1.29 is 22.7 Å². The molecule has 0 spiro atoms. The number of sulfonamides is 1. The molecule has 0 bridgehead atoms. The summed E-state index contributed by atoms with van der Waals surface area (Å²) in [6, 6.07) is 18.3. The minimum atomic E-state index is -4.17. The number of amides is 1. The molecule has 166 valence electrons. The summed E-state index contributed by atoms with van der Waals surface area (Å²) in [4.78, 5) is 24.8. The molecule has 3 rings (SSSR count). The Labute approximate surface area is 195 Å². The molecule has 3 aromatic rings. The van der Waals surface area contributed by atoms with Crippen molar-refractivity contribution in [3.05, 3.63) is 88.4 Å². The summed E-state index contributed by atoms with van der Waals surface area (Å²) >= 11 is 12.4. The number of methoxy groups -OCH3 is 1. The van der Waals surface area contributed by atoms with Crippen LogP contribution in [0.3, 0.4) is 0 Å². The fraction of sp³-hybridized carbons (Fsp3) is 0.0909. The van der Waals surface area contributed by atoms with Crippen molar-refractivity contribution in [3.63, 3.8) is 0 Å². The Bertz CT molecular complexity index is 1250. The van der Waals surface area contributed by atoms with Crippen LogP contribution < -0.4 is 9.62 Å². The number of ether oxygens (including phenoxy) is 1. The van der Waals surface area contributed by atoms with Crippen LogP contribution in [0.5, 0.6) is 0 Å². The van der Waals surface area contributed by atoms with Gasteiger partial charge in [-0.1, -0.05) is 59.6 Å². The summed E-state index contributed by atoms with van der Waals surface area (Å²) in [6.45, 7) is -0.618. The van der Waals surface area contributed by atoms with Gasteiger partial charge in [0.05, 0.1) is 39.0 Å². The number of rotatable bonds is 7. The topological polar surface area (TPSA) is 92.8 Å². The van der Waals surface area contributed by atoms with Gasteiger partial charge in [0.15, 0.2) is 0 Å². The third-order valence-electron chi connectivity index (χ3n) is 4.42. The fourth-order valence-corrected chi connectivity index (χ4v) is 4.81. The van der Waals surface area contributed by atoms with E-state index in [2.05, 4.69) is 5.32 Å². The molecular weight excluding hydrogens is 475 g/mol. The van der Waals surface area contributed by atoms with E-state index >= 15 is 0 Å². The Kier molecular flexibility index (Phi) is 7.40. The first-order valence-corrected chi connectivity index (χ1v) is 11.4. The van der Waals surface area contributed by atoms with Gasteiger partial charge in [0.2, 0.25) is 5.91 Å². The number of halogens is 2. The van der Waals surface area contributed by atoms with Gasteiger partial charge >= 0.3 is 5.97 Å². The van der Waals surface area contributed by atoms with Gasteiger partial charge in [-0.25, -0.2) is 13.2 Å². The first-order valence-electron chi connectivity index (χ1n) is 9.24. The summed E-state index contributed by atoms with van der Waals surface area (Å²) < 4.78 is 32.3. The van der Waals surface area contributed by atoms with Crippen LogP contribution in [-0.2, 0) is 19.6 Å². The molecule has 0 atom stereocenters. The Hall–Kier alpha value is -3.07. The van der Waals surface area contributed by atoms with Crippen molar-refractivity contribution in [1.82, 2.24) is 0 Å². The van der Waals surface area contributed by atoms with Crippen LogP contribution in [0.2, 0.25) is 10.0 Å². The maximum Gasteiger partial charge on any atom is 0.339 e. The van der Waals surface area contributed by atoms with Crippen molar-refractivity contribution in [1.29, 1.82) is 0 Å². The van der Waals surface area contributed by atoms with Gasteiger partial charge < -0.3 is 10.1 Å². The summed E-state index contributed by atoms with van der Waals surface area (Å²) in [5, 5.41) is 2.68. The van der Waals surface area contributed by atoms with E-state index in [1.165, 1.54) is 49.6 Å². The second-order valence-corrected chi connectivity index (χ2v) is 9.13. The number of para-hydroxylation sites is 1. The lowest BCUT2D eigenvalue weighted by molar-refractivity contribution is -0.114. The van der Waals surface area contributed by atoms with Gasteiger partial charge in [-0.3, -0.25) is 9.10 Å². The van der Waals surface area contributed by atoms with Gasteiger partial charge in [0, 0.05) is 0 Å². The zero-order chi connectivity index (χ0) is 23.3. The predicted octanol–water partition coefficient (Wildman–Crippen LogP) is 4.61.